The lowest BCUT2D eigenvalue weighted by Gasteiger charge is -2.32. The number of rotatable bonds is 3. The molecule has 1 unspecified atom stereocenters. The molecular weight excluding hydrogens is 290 g/mol. The smallest absolute Gasteiger partial charge is 0.243 e. The molecular formula is C13H17N5O2S. The van der Waals surface area contributed by atoms with Crippen molar-refractivity contribution in [2.24, 2.45) is 0 Å². The van der Waals surface area contributed by atoms with Crippen LogP contribution in [0.5, 0.6) is 0 Å². The van der Waals surface area contributed by atoms with E-state index in [1.165, 1.54) is 0 Å². The van der Waals surface area contributed by atoms with Gasteiger partial charge in [-0.05, 0) is 25.1 Å². The topological polar surface area (TPSA) is 80.1 Å². The highest BCUT2D eigenvalue weighted by atomic mass is 32.2. The summed E-state index contributed by atoms with van der Waals surface area (Å²) in [6.07, 6.45) is 3.08. The van der Waals surface area contributed by atoms with E-state index in [-0.39, 0.29) is 6.04 Å². The summed E-state index contributed by atoms with van der Waals surface area (Å²) >= 11 is 0. The molecule has 8 heteroatoms. The Morgan fingerprint density at radius 3 is 2.76 bits per heavy atom. The van der Waals surface area contributed by atoms with E-state index in [1.54, 1.807) is 39.7 Å². The SMILES string of the molecule is CC1CNCCN1S(=O)(=O)c1cccc(-n2cnnc2)c1. The zero-order chi connectivity index (χ0) is 14.9. The van der Waals surface area contributed by atoms with Crippen molar-refractivity contribution < 1.29 is 8.42 Å². The maximum Gasteiger partial charge on any atom is 0.243 e. The minimum Gasteiger partial charge on any atom is -0.314 e. The summed E-state index contributed by atoms with van der Waals surface area (Å²) in [5.74, 6) is 0. The fourth-order valence-corrected chi connectivity index (χ4v) is 4.12. The number of benzene rings is 1. The fourth-order valence-electron chi connectivity index (χ4n) is 2.45. The molecule has 0 spiro atoms. The minimum atomic E-state index is -3.49. The van der Waals surface area contributed by atoms with Crippen LogP contribution in [-0.4, -0.2) is 53.2 Å². The van der Waals surface area contributed by atoms with Gasteiger partial charge in [-0.2, -0.15) is 4.31 Å². The Morgan fingerprint density at radius 1 is 1.29 bits per heavy atom. The van der Waals surface area contributed by atoms with Gasteiger partial charge in [0.25, 0.3) is 0 Å². The lowest BCUT2D eigenvalue weighted by molar-refractivity contribution is 0.284. The summed E-state index contributed by atoms with van der Waals surface area (Å²) in [5.41, 5.74) is 0.726. The van der Waals surface area contributed by atoms with E-state index >= 15 is 0 Å². The quantitative estimate of drug-likeness (QED) is 0.879. The second kappa shape index (κ2) is 5.55. The number of hydrogen-bond acceptors (Lipinski definition) is 5. The highest BCUT2D eigenvalue weighted by molar-refractivity contribution is 7.89. The van der Waals surface area contributed by atoms with Crippen LogP contribution in [0.15, 0.2) is 41.8 Å². The van der Waals surface area contributed by atoms with E-state index < -0.39 is 10.0 Å². The molecule has 0 radical (unpaired) electrons. The average molecular weight is 307 g/mol. The summed E-state index contributed by atoms with van der Waals surface area (Å²) in [7, 11) is -3.49. The molecule has 2 aromatic rings. The Labute approximate surface area is 123 Å². The third-order valence-corrected chi connectivity index (χ3v) is 5.59. The van der Waals surface area contributed by atoms with Gasteiger partial charge < -0.3 is 5.32 Å². The number of piperazine rings is 1. The van der Waals surface area contributed by atoms with Crippen LogP contribution >= 0.6 is 0 Å². The van der Waals surface area contributed by atoms with Gasteiger partial charge in [-0.15, -0.1) is 10.2 Å². The van der Waals surface area contributed by atoms with Crippen LogP contribution in [0.4, 0.5) is 0 Å². The summed E-state index contributed by atoms with van der Waals surface area (Å²) in [4.78, 5) is 0.294. The van der Waals surface area contributed by atoms with E-state index in [0.717, 1.165) is 5.69 Å². The van der Waals surface area contributed by atoms with Crippen LogP contribution in [0.2, 0.25) is 0 Å². The first-order valence-corrected chi connectivity index (χ1v) is 8.20. The minimum absolute atomic E-state index is 0.0534. The molecule has 1 aromatic carbocycles. The Morgan fingerprint density at radius 2 is 2.05 bits per heavy atom. The van der Waals surface area contributed by atoms with Crippen LogP contribution in [0, 0.1) is 0 Å². The lowest BCUT2D eigenvalue weighted by Crippen LogP contribution is -2.52. The van der Waals surface area contributed by atoms with E-state index in [4.69, 9.17) is 0 Å². The zero-order valence-electron chi connectivity index (χ0n) is 11.7. The Bertz CT molecular complexity index is 714. The van der Waals surface area contributed by atoms with Crippen LogP contribution in [0.1, 0.15) is 6.92 Å². The van der Waals surface area contributed by atoms with Crippen molar-refractivity contribution in [3.63, 3.8) is 0 Å². The maximum atomic E-state index is 12.8. The molecule has 1 atom stereocenters. The van der Waals surface area contributed by atoms with Gasteiger partial charge in [0.05, 0.1) is 4.90 Å². The van der Waals surface area contributed by atoms with Crippen molar-refractivity contribution in [2.75, 3.05) is 19.6 Å². The van der Waals surface area contributed by atoms with Gasteiger partial charge in [-0.1, -0.05) is 6.07 Å². The summed E-state index contributed by atoms with van der Waals surface area (Å²) in [5, 5.41) is 10.7. The van der Waals surface area contributed by atoms with Gasteiger partial charge in [-0.3, -0.25) is 4.57 Å². The summed E-state index contributed by atoms with van der Waals surface area (Å²) < 4.78 is 28.8. The molecule has 0 saturated carbocycles. The van der Waals surface area contributed by atoms with E-state index in [0.29, 0.717) is 24.5 Å². The van der Waals surface area contributed by atoms with Crippen LogP contribution in [0.25, 0.3) is 5.69 Å². The highest BCUT2D eigenvalue weighted by Crippen LogP contribution is 2.21. The summed E-state index contributed by atoms with van der Waals surface area (Å²) in [6.45, 7) is 3.74. The van der Waals surface area contributed by atoms with Gasteiger partial charge >= 0.3 is 0 Å². The van der Waals surface area contributed by atoms with Crippen molar-refractivity contribution in [1.82, 2.24) is 24.4 Å². The first kappa shape index (κ1) is 14.2. The molecule has 1 N–H and O–H groups in total. The summed E-state index contributed by atoms with van der Waals surface area (Å²) in [6, 6.07) is 6.77. The molecule has 7 nitrogen and oxygen atoms in total. The Balaban J connectivity index is 1.97. The Kier molecular flexibility index (Phi) is 3.75. The molecule has 112 valence electrons. The van der Waals surface area contributed by atoms with Crippen LogP contribution in [-0.2, 0) is 10.0 Å². The molecule has 1 aliphatic rings. The molecule has 1 fully saturated rings. The molecule has 3 rings (SSSR count). The van der Waals surface area contributed by atoms with Gasteiger partial charge in [0.15, 0.2) is 0 Å². The van der Waals surface area contributed by atoms with Gasteiger partial charge in [0, 0.05) is 31.4 Å². The second-order valence-electron chi connectivity index (χ2n) is 5.04. The molecule has 1 aromatic heterocycles. The van der Waals surface area contributed by atoms with Crippen LogP contribution < -0.4 is 5.32 Å². The molecule has 1 aliphatic heterocycles. The molecule has 1 saturated heterocycles. The maximum absolute atomic E-state index is 12.8. The largest absolute Gasteiger partial charge is 0.314 e. The number of nitrogens with zero attached hydrogens (tertiary/aromatic N) is 4. The van der Waals surface area contributed by atoms with E-state index in [9.17, 15) is 8.42 Å². The number of sulfonamides is 1. The third kappa shape index (κ3) is 2.69. The molecule has 0 aliphatic carbocycles. The van der Waals surface area contributed by atoms with Gasteiger partial charge in [-0.25, -0.2) is 8.42 Å². The standard InChI is InChI=1S/C13H17N5O2S/c1-11-8-14-5-6-18(11)21(19,20)13-4-2-3-12(7-13)17-9-15-16-10-17/h2-4,7,9-11,14H,5-6,8H2,1H3. The average Bonchev–Trinajstić information content (AvgIpc) is 3.02. The van der Waals surface area contributed by atoms with E-state index in [1.807, 2.05) is 13.0 Å². The number of hydrogen-bond donors (Lipinski definition) is 1. The highest BCUT2D eigenvalue weighted by Gasteiger charge is 2.30. The molecule has 0 bridgehead atoms. The fraction of sp³-hybridized carbons (Fsp3) is 0.385. The lowest BCUT2D eigenvalue weighted by atomic mass is 10.3. The van der Waals surface area contributed by atoms with E-state index in [2.05, 4.69) is 15.5 Å². The van der Waals surface area contributed by atoms with Crippen molar-refractivity contribution in [3.05, 3.63) is 36.9 Å². The molecule has 21 heavy (non-hydrogen) atoms. The van der Waals surface area contributed by atoms with Gasteiger partial charge in [0.2, 0.25) is 10.0 Å². The normalized spacial score (nSPS) is 20.5. The number of nitrogens with one attached hydrogen (secondary N) is 1. The van der Waals surface area contributed by atoms with Gasteiger partial charge in [0.1, 0.15) is 12.7 Å². The monoisotopic (exact) mass is 307 g/mol. The predicted octanol–water partition coefficient (Wildman–Crippen LogP) is 0.250. The zero-order valence-corrected chi connectivity index (χ0v) is 12.5. The second-order valence-corrected chi connectivity index (χ2v) is 6.93. The first-order valence-electron chi connectivity index (χ1n) is 6.76. The molecule has 2 heterocycles. The number of aromatic nitrogens is 3. The van der Waals surface area contributed by atoms with Crippen LogP contribution in [0.3, 0.4) is 0 Å². The molecule has 0 amide bonds. The van der Waals surface area contributed by atoms with Crippen molar-refractivity contribution in [3.8, 4) is 5.69 Å². The predicted molar refractivity (Wildman–Crippen MR) is 77.6 cm³/mol. The first-order chi connectivity index (χ1) is 10.1. The third-order valence-electron chi connectivity index (χ3n) is 3.58. The van der Waals surface area contributed by atoms with Crippen molar-refractivity contribution >= 4 is 10.0 Å². The van der Waals surface area contributed by atoms with Crippen molar-refractivity contribution in [1.29, 1.82) is 0 Å². The Hall–Kier alpha value is -1.77. The van der Waals surface area contributed by atoms with Crippen molar-refractivity contribution in [2.45, 2.75) is 17.9 Å².